The predicted molar refractivity (Wildman–Crippen MR) is 171 cm³/mol. The summed E-state index contributed by atoms with van der Waals surface area (Å²) >= 11 is 0. The van der Waals surface area contributed by atoms with Crippen LogP contribution < -0.4 is 10.6 Å². The van der Waals surface area contributed by atoms with Gasteiger partial charge in [0, 0.05) is 12.5 Å². The zero-order valence-corrected chi connectivity index (χ0v) is 27.8. The smallest absolute Gasteiger partial charge is 0.408 e. The lowest BCUT2D eigenvalue weighted by Crippen LogP contribution is -2.56. The zero-order valence-electron chi connectivity index (χ0n) is 27.8. The zero-order chi connectivity index (χ0) is 33.5. The van der Waals surface area contributed by atoms with Gasteiger partial charge in [0.25, 0.3) is 0 Å². The number of esters is 1. The van der Waals surface area contributed by atoms with E-state index in [4.69, 9.17) is 9.47 Å². The number of aryl methyl sites for hydroxylation is 1. The highest BCUT2D eigenvalue weighted by Crippen LogP contribution is 2.41. The molecule has 246 valence electrons. The van der Waals surface area contributed by atoms with Gasteiger partial charge in [0.05, 0.1) is 6.61 Å². The SMILES string of the molecule is CCc1ccc(C(C(=O)NC(Cc2ccccc2)C(=O)OC(C)(C)C)N(C(=O)C(CO)NC(=O)OC(C)(C)C)C2CC2C)cc1. The van der Waals surface area contributed by atoms with Gasteiger partial charge in [-0.3, -0.25) is 9.59 Å². The van der Waals surface area contributed by atoms with E-state index in [1.54, 1.807) is 53.7 Å². The van der Waals surface area contributed by atoms with Gasteiger partial charge in [-0.1, -0.05) is 68.4 Å². The van der Waals surface area contributed by atoms with Crippen LogP contribution in [0.3, 0.4) is 0 Å². The molecule has 2 aromatic rings. The maximum atomic E-state index is 14.4. The molecule has 0 heterocycles. The van der Waals surface area contributed by atoms with Crippen LogP contribution in [0, 0.1) is 5.92 Å². The van der Waals surface area contributed by atoms with Gasteiger partial charge in [0.1, 0.15) is 29.3 Å². The molecule has 10 heteroatoms. The van der Waals surface area contributed by atoms with Crippen molar-refractivity contribution in [3.8, 4) is 0 Å². The quantitative estimate of drug-likeness (QED) is 0.297. The average molecular weight is 624 g/mol. The van der Waals surface area contributed by atoms with E-state index >= 15 is 0 Å². The molecule has 45 heavy (non-hydrogen) atoms. The van der Waals surface area contributed by atoms with E-state index in [-0.39, 0.29) is 18.4 Å². The Bertz CT molecular complexity index is 1320. The second kappa shape index (κ2) is 14.9. The number of carbonyl (C=O) groups is 4. The number of carbonyl (C=O) groups excluding carboxylic acids is 4. The van der Waals surface area contributed by atoms with Crippen LogP contribution in [0.4, 0.5) is 4.79 Å². The fraction of sp³-hybridized carbons (Fsp3) is 0.543. The van der Waals surface area contributed by atoms with Crippen molar-refractivity contribution in [2.45, 2.75) is 110 Å². The summed E-state index contributed by atoms with van der Waals surface area (Å²) in [6.07, 6.45) is 0.729. The van der Waals surface area contributed by atoms with Crippen LogP contribution in [0.1, 0.15) is 84.5 Å². The molecule has 10 nitrogen and oxygen atoms in total. The number of amides is 3. The van der Waals surface area contributed by atoms with Crippen molar-refractivity contribution in [3.63, 3.8) is 0 Å². The van der Waals surface area contributed by atoms with Gasteiger partial charge < -0.3 is 30.1 Å². The molecule has 0 saturated heterocycles. The minimum Gasteiger partial charge on any atom is -0.458 e. The third-order valence-corrected chi connectivity index (χ3v) is 7.37. The number of aliphatic hydroxyl groups excluding tert-OH is 1. The Kier molecular flexibility index (Phi) is 11.8. The fourth-order valence-electron chi connectivity index (χ4n) is 5.03. The molecule has 0 aromatic heterocycles. The summed E-state index contributed by atoms with van der Waals surface area (Å²) in [6.45, 7) is 13.6. The number of benzene rings is 2. The second-order valence-electron chi connectivity index (χ2n) is 13.7. The van der Waals surface area contributed by atoms with Gasteiger partial charge in [-0.2, -0.15) is 0 Å². The molecule has 5 atom stereocenters. The van der Waals surface area contributed by atoms with Crippen molar-refractivity contribution in [3.05, 3.63) is 71.3 Å². The maximum absolute atomic E-state index is 14.4. The predicted octanol–water partition coefficient (Wildman–Crippen LogP) is 4.48. The standard InChI is InChI=1S/C35H49N3O7/c1-9-23-15-17-25(18-16-23)29(30(40)36-26(32(42)44-34(3,4)5)20-24-13-11-10-12-14-24)38(28-19-22(28)2)31(41)27(21-39)37-33(43)45-35(6,7)8/h10-18,22,26-29,39H,9,19-21H2,1-8H3,(H,36,40)(H,37,43). The van der Waals surface area contributed by atoms with Crippen molar-refractivity contribution >= 4 is 23.9 Å². The van der Waals surface area contributed by atoms with Crippen LogP contribution in [0.25, 0.3) is 0 Å². The lowest BCUT2D eigenvalue weighted by molar-refractivity contribution is -0.159. The topological polar surface area (TPSA) is 134 Å². The Morgan fingerprint density at radius 3 is 1.93 bits per heavy atom. The molecule has 1 aliphatic carbocycles. The molecule has 1 saturated carbocycles. The van der Waals surface area contributed by atoms with Crippen LogP contribution in [0.15, 0.2) is 54.6 Å². The number of ether oxygens (including phenoxy) is 2. The summed E-state index contributed by atoms with van der Waals surface area (Å²) in [5.74, 6) is -1.73. The van der Waals surface area contributed by atoms with E-state index < -0.39 is 59.8 Å². The molecule has 3 N–H and O–H groups in total. The van der Waals surface area contributed by atoms with Gasteiger partial charge in [-0.25, -0.2) is 9.59 Å². The highest BCUT2D eigenvalue weighted by atomic mass is 16.6. The first-order valence-electron chi connectivity index (χ1n) is 15.6. The van der Waals surface area contributed by atoms with E-state index in [0.29, 0.717) is 12.0 Å². The largest absolute Gasteiger partial charge is 0.458 e. The average Bonchev–Trinajstić information content (AvgIpc) is 3.68. The number of hydrogen-bond acceptors (Lipinski definition) is 7. The first kappa shape index (κ1) is 35.6. The fourth-order valence-corrected chi connectivity index (χ4v) is 5.03. The van der Waals surface area contributed by atoms with Gasteiger partial charge in [-0.05, 0) is 77.0 Å². The molecule has 0 radical (unpaired) electrons. The summed E-state index contributed by atoms with van der Waals surface area (Å²) < 4.78 is 11.0. The maximum Gasteiger partial charge on any atom is 0.408 e. The van der Waals surface area contributed by atoms with Gasteiger partial charge in [0.2, 0.25) is 11.8 Å². The summed E-state index contributed by atoms with van der Waals surface area (Å²) in [5.41, 5.74) is 0.790. The molecule has 3 amide bonds. The Morgan fingerprint density at radius 2 is 1.44 bits per heavy atom. The summed E-state index contributed by atoms with van der Waals surface area (Å²) in [4.78, 5) is 56.0. The van der Waals surface area contributed by atoms with Crippen molar-refractivity contribution < 1.29 is 33.8 Å². The first-order valence-corrected chi connectivity index (χ1v) is 15.6. The van der Waals surface area contributed by atoms with Crippen molar-refractivity contribution in [2.75, 3.05) is 6.61 Å². The number of alkyl carbamates (subject to hydrolysis) is 1. The van der Waals surface area contributed by atoms with Crippen LogP contribution in [-0.2, 0) is 36.7 Å². The Balaban J connectivity index is 2.03. The molecular weight excluding hydrogens is 574 g/mol. The highest BCUT2D eigenvalue weighted by Gasteiger charge is 2.48. The first-order chi connectivity index (χ1) is 21.0. The minimum absolute atomic E-state index is 0.0750. The lowest BCUT2D eigenvalue weighted by atomic mass is 9.99. The summed E-state index contributed by atoms with van der Waals surface area (Å²) in [7, 11) is 0. The number of nitrogens with zero attached hydrogens (tertiary/aromatic N) is 1. The van der Waals surface area contributed by atoms with Crippen molar-refractivity contribution in [1.29, 1.82) is 0 Å². The Labute approximate surface area is 266 Å². The molecule has 1 fully saturated rings. The van der Waals surface area contributed by atoms with Crippen LogP contribution in [-0.4, -0.2) is 69.8 Å². The van der Waals surface area contributed by atoms with E-state index in [9.17, 15) is 24.3 Å². The summed E-state index contributed by atoms with van der Waals surface area (Å²) in [5, 5.41) is 15.6. The highest BCUT2D eigenvalue weighted by molar-refractivity contribution is 5.94. The van der Waals surface area contributed by atoms with Crippen molar-refractivity contribution in [2.24, 2.45) is 5.92 Å². The van der Waals surface area contributed by atoms with Crippen molar-refractivity contribution in [1.82, 2.24) is 15.5 Å². The van der Waals surface area contributed by atoms with Gasteiger partial charge in [-0.15, -0.1) is 0 Å². The van der Waals surface area contributed by atoms with Crippen LogP contribution >= 0.6 is 0 Å². The number of hydrogen-bond donors (Lipinski definition) is 3. The van der Waals surface area contributed by atoms with E-state index in [0.717, 1.165) is 17.5 Å². The molecule has 0 aliphatic heterocycles. The van der Waals surface area contributed by atoms with Gasteiger partial charge in [0.15, 0.2) is 0 Å². The number of nitrogens with one attached hydrogen (secondary N) is 2. The second-order valence-corrected chi connectivity index (χ2v) is 13.7. The van der Waals surface area contributed by atoms with E-state index in [1.807, 2.05) is 56.3 Å². The molecule has 3 rings (SSSR count). The minimum atomic E-state index is -1.36. The lowest BCUT2D eigenvalue weighted by Gasteiger charge is -2.35. The van der Waals surface area contributed by atoms with E-state index in [1.165, 1.54) is 4.90 Å². The Hall–Kier alpha value is -3.92. The molecule has 1 aliphatic rings. The third kappa shape index (κ3) is 10.6. The van der Waals surface area contributed by atoms with Crippen LogP contribution in [0.5, 0.6) is 0 Å². The molecule has 5 unspecified atom stereocenters. The van der Waals surface area contributed by atoms with Crippen LogP contribution in [0.2, 0.25) is 0 Å². The third-order valence-electron chi connectivity index (χ3n) is 7.37. The molecular formula is C35H49N3O7. The Morgan fingerprint density at radius 1 is 0.867 bits per heavy atom. The monoisotopic (exact) mass is 623 g/mol. The molecule has 2 aromatic carbocycles. The molecule has 0 bridgehead atoms. The van der Waals surface area contributed by atoms with E-state index in [2.05, 4.69) is 10.6 Å². The van der Waals surface area contributed by atoms with Gasteiger partial charge >= 0.3 is 12.1 Å². The summed E-state index contributed by atoms with van der Waals surface area (Å²) in [6, 6.07) is 12.8. The normalized spacial score (nSPS) is 18.2. The molecule has 0 spiro atoms. The number of aliphatic hydroxyl groups is 1. The number of rotatable bonds is 12.